The van der Waals surface area contributed by atoms with Gasteiger partial charge in [0, 0.05) is 30.2 Å². The molecule has 1 amide bonds. The quantitative estimate of drug-likeness (QED) is 0.392. The van der Waals surface area contributed by atoms with Crippen LogP contribution in [-0.4, -0.2) is 46.5 Å². The zero-order chi connectivity index (χ0) is 26.7. The van der Waals surface area contributed by atoms with E-state index in [0.717, 1.165) is 23.9 Å². The van der Waals surface area contributed by atoms with Crippen LogP contribution >= 0.6 is 0 Å². The maximum Gasteiger partial charge on any atom is 0.275 e. The lowest BCUT2D eigenvalue weighted by atomic mass is 10.0. The summed E-state index contributed by atoms with van der Waals surface area (Å²) in [6.45, 7) is 2.73. The average molecular weight is 532 g/mol. The first-order chi connectivity index (χ1) is 18.3. The monoisotopic (exact) mass is 531 g/mol. The molecular weight excluding hydrogens is 502 g/mol. The van der Waals surface area contributed by atoms with Crippen molar-refractivity contribution in [1.82, 2.24) is 24.4 Å². The molecule has 2 aromatic heterocycles. The lowest BCUT2D eigenvalue weighted by Crippen LogP contribution is -2.36. The number of carbonyl (C=O) groups excluding carboxylic acids is 1. The predicted octanol–water partition coefficient (Wildman–Crippen LogP) is 3.26. The van der Waals surface area contributed by atoms with Crippen molar-refractivity contribution in [3.05, 3.63) is 88.5 Å². The van der Waals surface area contributed by atoms with Gasteiger partial charge in [-0.05, 0) is 49.6 Å². The maximum atomic E-state index is 13.5. The van der Waals surface area contributed by atoms with E-state index in [1.54, 1.807) is 72.0 Å². The Morgan fingerprint density at radius 1 is 0.974 bits per heavy atom. The van der Waals surface area contributed by atoms with Gasteiger partial charge in [-0.1, -0.05) is 42.8 Å². The minimum absolute atomic E-state index is 0.227. The standard InChI is InChI=1S/C28H29N5O4S/c1-20-12-13-21(17-25(20)38(36,37)32-15-7-2-8-16-32)27-23-10-3-4-11-24(23)28(35)33(31-27)19-26(34)30-18-22-9-5-6-14-29-22/h3-6,9-14,17H,2,7-8,15-16,18-19H2,1H3,(H,30,34). The topological polar surface area (TPSA) is 114 Å². The fourth-order valence-corrected chi connectivity index (χ4v) is 6.48. The molecule has 0 saturated carbocycles. The molecule has 0 unspecified atom stereocenters. The number of nitrogens with zero attached hydrogens (tertiary/aromatic N) is 4. The number of pyridine rings is 1. The van der Waals surface area contributed by atoms with Crippen LogP contribution in [0.15, 0.2) is 76.6 Å². The predicted molar refractivity (Wildman–Crippen MR) is 145 cm³/mol. The molecule has 0 atom stereocenters. The first kappa shape index (κ1) is 25.7. The zero-order valence-electron chi connectivity index (χ0n) is 21.1. The Morgan fingerprint density at radius 2 is 1.71 bits per heavy atom. The summed E-state index contributed by atoms with van der Waals surface area (Å²) in [6.07, 6.45) is 4.36. The third-order valence-electron chi connectivity index (χ3n) is 6.75. The van der Waals surface area contributed by atoms with Crippen molar-refractivity contribution in [3.8, 4) is 11.3 Å². The van der Waals surface area contributed by atoms with Crippen LogP contribution in [0.3, 0.4) is 0 Å². The largest absolute Gasteiger partial charge is 0.349 e. The van der Waals surface area contributed by atoms with Crippen molar-refractivity contribution in [2.45, 2.75) is 44.2 Å². The summed E-state index contributed by atoms with van der Waals surface area (Å²) < 4.78 is 29.7. The molecule has 10 heteroatoms. The van der Waals surface area contributed by atoms with Gasteiger partial charge in [0.2, 0.25) is 15.9 Å². The lowest BCUT2D eigenvalue weighted by molar-refractivity contribution is -0.122. The number of fused-ring (bicyclic) bond motifs is 1. The molecule has 0 radical (unpaired) electrons. The molecule has 9 nitrogen and oxygen atoms in total. The van der Waals surface area contributed by atoms with E-state index in [-0.39, 0.29) is 23.9 Å². The fourth-order valence-electron chi connectivity index (χ4n) is 4.71. The first-order valence-corrected chi connectivity index (χ1v) is 14.1. The van der Waals surface area contributed by atoms with Crippen molar-refractivity contribution in [2.75, 3.05) is 13.1 Å². The van der Waals surface area contributed by atoms with Gasteiger partial charge in [0.05, 0.1) is 28.2 Å². The van der Waals surface area contributed by atoms with Crippen LogP contribution in [0.5, 0.6) is 0 Å². The lowest BCUT2D eigenvalue weighted by Gasteiger charge is -2.26. The second kappa shape index (κ2) is 10.8. The van der Waals surface area contributed by atoms with Crippen LogP contribution in [0.2, 0.25) is 0 Å². The Hall–Kier alpha value is -3.89. The van der Waals surface area contributed by atoms with E-state index in [0.29, 0.717) is 46.4 Å². The molecule has 5 rings (SSSR count). The molecular formula is C28H29N5O4S. The minimum Gasteiger partial charge on any atom is -0.349 e. The van der Waals surface area contributed by atoms with E-state index in [4.69, 9.17) is 0 Å². The molecule has 2 aromatic carbocycles. The van der Waals surface area contributed by atoms with Crippen molar-refractivity contribution in [3.63, 3.8) is 0 Å². The number of rotatable bonds is 7. The molecule has 196 valence electrons. The highest BCUT2D eigenvalue weighted by atomic mass is 32.2. The minimum atomic E-state index is -3.68. The Labute approximate surface area is 221 Å². The summed E-state index contributed by atoms with van der Waals surface area (Å²) in [5.74, 6) is -0.385. The number of aromatic nitrogens is 3. The van der Waals surface area contributed by atoms with Crippen molar-refractivity contribution >= 4 is 26.7 Å². The second-order valence-electron chi connectivity index (χ2n) is 9.40. The van der Waals surface area contributed by atoms with E-state index < -0.39 is 15.6 Å². The number of piperidine rings is 1. The highest BCUT2D eigenvalue weighted by Crippen LogP contribution is 2.30. The van der Waals surface area contributed by atoms with Crippen LogP contribution in [0.4, 0.5) is 0 Å². The van der Waals surface area contributed by atoms with Crippen molar-refractivity contribution < 1.29 is 13.2 Å². The van der Waals surface area contributed by atoms with Gasteiger partial charge in [-0.3, -0.25) is 14.6 Å². The molecule has 1 aliphatic heterocycles. The van der Waals surface area contributed by atoms with E-state index in [9.17, 15) is 18.0 Å². The highest BCUT2D eigenvalue weighted by molar-refractivity contribution is 7.89. The first-order valence-electron chi connectivity index (χ1n) is 12.6. The molecule has 4 aromatic rings. The Balaban J connectivity index is 1.52. The van der Waals surface area contributed by atoms with E-state index in [2.05, 4.69) is 15.4 Å². The third-order valence-corrected chi connectivity index (χ3v) is 8.79. The number of hydrogen-bond donors (Lipinski definition) is 1. The highest BCUT2D eigenvalue weighted by Gasteiger charge is 2.28. The van der Waals surface area contributed by atoms with Gasteiger partial charge in [0.1, 0.15) is 6.54 Å². The van der Waals surface area contributed by atoms with Gasteiger partial charge >= 0.3 is 0 Å². The summed E-state index contributed by atoms with van der Waals surface area (Å²) in [5.41, 5.74) is 1.94. The number of aryl methyl sites for hydroxylation is 1. The van der Waals surface area contributed by atoms with Crippen LogP contribution < -0.4 is 10.9 Å². The Bertz CT molecular complexity index is 1650. The molecule has 1 N–H and O–H groups in total. The van der Waals surface area contributed by atoms with E-state index >= 15 is 0 Å². The van der Waals surface area contributed by atoms with Gasteiger partial charge < -0.3 is 5.32 Å². The van der Waals surface area contributed by atoms with Crippen LogP contribution in [-0.2, 0) is 27.9 Å². The maximum absolute atomic E-state index is 13.5. The zero-order valence-corrected chi connectivity index (χ0v) is 21.9. The summed E-state index contributed by atoms with van der Waals surface area (Å²) in [7, 11) is -3.68. The summed E-state index contributed by atoms with van der Waals surface area (Å²) >= 11 is 0. The number of benzene rings is 2. The Kier molecular flexibility index (Phi) is 7.35. The van der Waals surface area contributed by atoms with Crippen molar-refractivity contribution in [2.24, 2.45) is 0 Å². The third kappa shape index (κ3) is 5.23. The fraction of sp³-hybridized carbons (Fsp3) is 0.286. The molecule has 38 heavy (non-hydrogen) atoms. The number of hydrogen-bond acceptors (Lipinski definition) is 6. The molecule has 1 fully saturated rings. The summed E-state index contributed by atoms with van der Waals surface area (Å²) in [4.78, 5) is 30.3. The van der Waals surface area contributed by atoms with Crippen LogP contribution in [0, 0.1) is 6.92 Å². The smallest absolute Gasteiger partial charge is 0.275 e. The number of carbonyl (C=O) groups is 1. The normalized spacial score (nSPS) is 14.4. The van der Waals surface area contributed by atoms with Crippen molar-refractivity contribution in [1.29, 1.82) is 0 Å². The van der Waals surface area contributed by atoms with E-state index in [1.165, 1.54) is 0 Å². The molecule has 1 saturated heterocycles. The van der Waals surface area contributed by atoms with Gasteiger partial charge in [-0.15, -0.1) is 0 Å². The van der Waals surface area contributed by atoms with Crippen LogP contribution in [0.1, 0.15) is 30.5 Å². The molecule has 0 bridgehead atoms. The Morgan fingerprint density at radius 3 is 2.45 bits per heavy atom. The molecule has 3 heterocycles. The van der Waals surface area contributed by atoms with Crippen LogP contribution in [0.25, 0.3) is 22.0 Å². The van der Waals surface area contributed by atoms with Gasteiger partial charge in [-0.2, -0.15) is 9.40 Å². The average Bonchev–Trinajstić information content (AvgIpc) is 2.95. The van der Waals surface area contributed by atoms with E-state index in [1.807, 2.05) is 6.07 Å². The molecule has 0 spiro atoms. The SMILES string of the molecule is Cc1ccc(-c2nn(CC(=O)NCc3ccccn3)c(=O)c3ccccc23)cc1S(=O)(=O)N1CCCCC1. The molecule has 0 aliphatic carbocycles. The summed E-state index contributed by atoms with van der Waals surface area (Å²) in [5, 5.41) is 8.31. The number of amides is 1. The van der Waals surface area contributed by atoms with Gasteiger partial charge in [0.25, 0.3) is 5.56 Å². The number of nitrogens with one attached hydrogen (secondary N) is 1. The summed E-state index contributed by atoms with van der Waals surface area (Å²) in [6, 6.07) is 17.6. The molecule has 1 aliphatic rings. The van der Waals surface area contributed by atoms with Gasteiger partial charge in [-0.25, -0.2) is 13.1 Å². The second-order valence-corrected chi connectivity index (χ2v) is 11.3. The van der Waals surface area contributed by atoms with Gasteiger partial charge in [0.15, 0.2) is 0 Å². The number of sulfonamides is 1.